The highest BCUT2D eigenvalue weighted by molar-refractivity contribution is 7.98. The normalized spacial score (nSPS) is 11.9. The van der Waals surface area contributed by atoms with E-state index in [4.69, 9.17) is 11.6 Å². The third-order valence-corrected chi connectivity index (χ3v) is 5.87. The summed E-state index contributed by atoms with van der Waals surface area (Å²) in [5, 5.41) is 0.794. The molecular formula is C21H14ClF4N3S. The maximum atomic E-state index is 14.3. The Hall–Kier alpha value is -2.58. The zero-order valence-corrected chi connectivity index (χ0v) is 16.9. The molecule has 0 aliphatic heterocycles. The Morgan fingerprint density at radius 2 is 1.83 bits per heavy atom. The van der Waals surface area contributed by atoms with E-state index in [1.165, 1.54) is 30.0 Å². The number of aromatic nitrogens is 3. The van der Waals surface area contributed by atoms with Crippen molar-refractivity contribution >= 4 is 34.5 Å². The number of halogens is 5. The van der Waals surface area contributed by atoms with Gasteiger partial charge in [0.25, 0.3) is 0 Å². The van der Waals surface area contributed by atoms with Crippen LogP contribution in [0.2, 0.25) is 5.02 Å². The van der Waals surface area contributed by atoms with E-state index in [9.17, 15) is 17.6 Å². The van der Waals surface area contributed by atoms with Crippen LogP contribution in [0.4, 0.5) is 17.6 Å². The van der Waals surface area contributed by atoms with E-state index in [2.05, 4.69) is 9.97 Å². The lowest BCUT2D eigenvalue weighted by molar-refractivity contribution is -0.137. The zero-order chi connectivity index (χ0) is 21.3. The number of fused-ring (bicyclic) bond motifs is 1. The Kier molecular flexibility index (Phi) is 5.71. The molecule has 0 atom stereocenters. The molecule has 30 heavy (non-hydrogen) atoms. The van der Waals surface area contributed by atoms with Crippen LogP contribution >= 0.6 is 23.4 Å². The minimum absolute atomic E-state index is 0.101. The van der Waals surface area contributed by atoms with Gasteiger partial charge in [0.2, 0.25) is 0 Å². The highest BCUT2D eigenvalue weighted by atomic mass is 35.5. The smallest absolute Gasteiger partial charge is 0.299 e. The number of nitrogens with zero attached hydrogens (tertiary/aromatic N) is 3. The van der Waals surface area contributed by atoms with Crippen LogP contribution in [0.25, 0.3) is 11.2 Å². The zero-order valence-electron chi connectivity index (χ0n) is 15.3. The number of imidazole rings is 1. The fourth-order valence-corrected chi connectivity index (χ4v) is 4.19. The maximum Gasteiger partial charge on any atom is 0.416 e. The van der Waals surface area contributed by atoms with Gasteiger partial charge < -0.3 is 0 Å². The molecule has 0 spiro atoms. The van der Waals surface area contributed by atoms with Gasteiger partial charge in [-0.15, -0.1) is 0 Å². The first-order valence-electron chi connectivity index (χ1n) is 8.86. The molecule has 4 rings (SSSR count). The number of pyridine rings is 1. The lowest BCUT2D eigenvalue weighted by Crippen LogP contribution is -2.06. The van der Waals surface area contributed by atoms with E-state index in [0.717, 1.165) is 12.1 Å². The van der Waals surface area contributed by atoms with Crippen molar-refractivity contribution < 1.29 is 17.6 Å². The van der Waals surface area contributed by atoms with Gasteiger partial charge in [-0.1, -0.05) is 47.6 Å². The van der Waals surface area contributed by atoms with Crippen LogP contribution in [0.5, 0.6) is 0 Å². The molecule has 2 heterocycles. The van der Waals surface area contributed by atoms with Crippen LogP contribution < -0.4 is 0 Å². The van der Waals surface area contributed by atoms with Crippen molar-refractivity contribution in [2.24, 2.45) is 0 Å². The molecule has 0 saturated carbocycles. The Balaban J connectivity index is 1.67. The van der Waals surface area contributed by atoms with E-state index >= 15 is 0 Å². The molecule has 0 aliphatic rings. The van der Waals surface area contributed by atoms with E-state index in [-0.39, 0.29) is 17.3 Å². The van der Waals surface area contributed by atoms with Gasteiger partial charge in [0.15, 0.2) is 10.8 Å². The summed E-state index contributed by atoms with van der Waals surface area (Å²) in [5.74, 6) is -0.188. The standard InChI is InChI=1S/C21H14ClF4N3S/c22-16-6-2-7-17(23)15(16)11-29-19-18(8-3-9-27-19)28-20(29)30-12-13-4-1-5-14(10-13)21(24,25)26/h1-10H,11-12H2. The van der Waals surface area contributed by atoms with Crippen LogP contribution in [-0.4, -0.2) is 14.5 Å². The minimum atomic E-state index is -4.40. The van der Waals surface area contributed by atoms with Crippen molar-refractivity contribution in [2.45, 2.75) is 23.6 Å². The SMILES string of the molecule is Fc1cccc(Cl)c1Cn1c(SCc2cccc(C(F)(F)F)c2)nc2cccnc21. The topological polar surface area (TPSA) is 30.7 Å². The average molecular weight is 452 g/mol. The summed E-state index contributed by atoms with van der Waals surface area (Å²) in [6, 6.07) is 13.1. The van der Waals surface area contributed by atoms with Crippen molar-refractivity contribution in [1.82, 2.24) is 14.5 Å². The summed E-state index contributed by atoms with van der Waals surface area (Å²) >= 11 is 7.43. The van der Waals surface area contributed by atoms with E-state index in [0.29, 0.717) is 27.4 Å². The highest BCUT2D eigenvalue weighted by Gasteiger charge is 2.30. The molecule has 3 nitrogen and oxygen atoms in total. The third-order valence-electron chi connectivity index (χ3n) is 4.47. The predicted molar refractivity (Wildman–Crippen MR) is 109 cm³/mol. The quantitative estimate of drug-likeness (QED) is 0.253. The first kappa shape index (κ1) is 20.7. The second kappa shape index (κ2) is 8.28. The molecule has 0 N–H and O–H groups in total. The molecule has 0 saturated heterocycles. The molecule has 0 unspecified atom stereocenters. The molecule has 0 radical (unpaired) electrons. The highest BCUT2D eigenvalue weighted by Crippen LogP contribution is 2.32. The van der Waals surface area contributed by atoms with Crippen molar-refractivity contribution in [3.05, 3.63) is 88.3 Å². The van der Waals surface area contributed by atoms with Gasteiger partial charge in [0.1, 0.15) is 11.3 Å². The molecule has 0 amide bonds. The summed E-state index contributed by atoms with van der Waals surface area (Å²) in [6.45, 7) is 0.101. The minimum Gasteiger partial charge on any atom is -0.299 e. The Morgan fingerprint density at radius 1 is 1.03 bits per heavy atom. The fourth-order valence-electron chi connectivity index (χ4n) is 3.02. The summed E-state index contributed by atoms with van der Waals surface area (Å²) < 4.78 is 55.0. The molecule has 4 aromatic rings. The van der Waals surface area contributed by atoms with Crippen molar-refractivity contribution in [2.75, 3.05) is 0 Å². The average Bonchev–Trinajstić information content (AvgIpc) is 3.06. The van der Waals surface area contributed by atoms with Gasteiger partial charge in [0.05, 0.1) is 12.1 Å². The van der Waals surface area contributed by atoms with Gasteiger partial charge in [-0.25, -0.2) is 14.4 Å². The first-order valence-corrected chi connectivity index (χ1v) is 10.2. The summed E-state index contributed by atoms with van der Waals surface area (Å²) in [7, 11) is 0. The van der Waals surface area contributed by atoms with Crippen LogP contribution in [0.3, 0.4) is 0 Å². The molecule has 154 valence electrons. The van der Waals surface area contributed by atoms with Crippen molar-refractivity contribution in [1.29, 1.82) is 0 Å². The van der Waals surface area contributed by atoms with E-state index in [1.807, 2.05) is 0 Å². The van der Waals surface area contributed by atoms with Gasteiger partial charge >= 0.3 is 6.18 Å². The summed E-state index contributed by atoms with van der Waals surface area (Å²) in [6.07, 6.45) is -2.80. The van der Waals surface area contributed by atoms with E-state index < -0.39 is 17.6 Å². The summed E-state index contributed by atoms with van der Waals surface area (Å²) in [5.41, 5.74) is 1.25. The number of benzene rings is 2. The Labute approximate surface area is 178 Å². The van der Waals surface area contributed by atoms with Crippen LogP contribution in [-0.2, 0) is 18.5 Å². The Bertz CT molecular complexity index is 1190. The number of hydrogen-bond acceptors (Lipinski definition) is 3. The van der Waals surface area contributed by atoms with Crippen molar-refractivity contribution in [3.63, 3.8) is 0 Å². The third kappa shape index (κ3) is 4.29. The van der Waals surface area contributed by atoms with Crippen LogP contribution in [0.1, 0.15) is 16.7 Å². The van der Waals surface area contributed by atoms with Crippen molar-refractivity contribution in [3.8, 4) is 0 Å². The number of rotatable bonds is 5. The molecular weight excluding hydrogens is 438 g/mol. The fraction of sp³-hybridized carbons (Fsp3) is 0.143. The second-order valence-corrected chi connectivity index (χ2v) is 7.86. The monoisotopic (exact) mass is 451 g/mol. The predicted octanol–water partition coefficient (Wildman–Crippen LogP) is 6.58. The van der Waals surface area contributed by atoms with Gasteiger partial charge in [-0.05, 0) is 35.9 Å². The number of thioether (sulfide) groups is 1. The Morgan fingerprint density at radius 3 is 2.60 bits per heavy atom. The first-order chi connectivity index (χ1) is 14.3. The lowest BCUT2D eigenvalue weighted by atomic mass is 10.1. The molecule has 2 aromatic carbocycles. The van der Waals surface area contributed by atoms with Gasteiger partial charge in [-0.2, -0.15) is 13.2 Å². The molecule has 0 bridgehead atoms. The van der Waals surface area contributed by atoms with Gasteiger partial charge in [-0.3, -0.25) is 4.57 Å². The van der Waals surface area contributed by atoms with Crippen LogP contribution in [0.15, 0.2) is 66.0 Å². The number of alkyl halides is 3. The van der Waals surface area contributed by atoms with Crippen LogP contribution in [0, 0.1) is 5.82 Å². The number of hydrogen-bond donors (Lipinski definition) is 0. The summed E-state index contributed by atoms with van der Waals surface area (Å²) in [4.78, 5) is 8.86. The maximum absolute atomic E-state index is 14.3. The molecule has 2 aromatic heterocycles. The molecule has 0 aliphatic carbocycles. The largest absolute Gasteiger partial charge is 0.416 e. The molecule has 0 fully saturated rings. The van der Waals surface area contributed by atoms with E-state index in [1.54, 1.807) is 35.0 Å². The molecule has 9 heteroatoms. The van der Waals surface area contributed by atoms with Gasteiger partial charge in [0, 0.05) is 22.5 Å². The lowest BCUT2D eigenvalue weighted by Gasteiger charge is -2.11. The second-order valence-electron chi connectivity index (χ2n) is 6.51.